The molecule has 1 aliphatic heterocycles. The number of nitrogens with zero attached hydrogens (tertiary/aromatic N) is 2. The molecule has 1 amide bonds. The van der Waals surface area contributed by atoms with Crippen molar-refractivity contribution in [2.24, 2.45) is 15.4 Å². The van der Waals surface area contributed by atoms with E-state index < -0.39 is 11.9 Å². The number of rotatable bonds is 5. The number of allylic oxidation sites excluding steroid dienone is 9. The van der Waals surface area contributed by atoms with Crippen molar-refractivity contribution in [3.05, 3.63) is 58.7 Å². The van der Waals surface area contributed by atoms with Crippen LogP contribution in [-0.2, 0) is 4.79 Å². The highest BCUT2D eigenvalue weighted by Crippen LogP contribution is 2.40. The van der Waals surface area contributed by atoms with E-state index in [-0.39, 0.29) is 11.1 Å². The number of amides is 1. The minimum atomic E-state index is -0.728. The third-order valence-electron chi connectivity index (χ3n) is 4.77. The van der Waals surface area contributed by atoms with Gasteiger partial charge >= 0.3 is 0 Å². The first-order valence-electron chi connectivity index (χ1n) is 8.99. The van der Waals surface area contributed by atoms with Gasteiger partial charge in [0.25, 0.3) is 5.91 Å². The fraction of sp³-hybridized carbons (Fsp3) is 0.409. The summed E-state index contributed by atoms with van der Waals surface area (Å²) in [5.74, 6) is -0.573. The Kier molecular flexibility index (Phi) is 6.30. The first-order chi connectivity index (χ1) is 12.2. The van der Waals surface area contributed by atoms with Crippen molar-refractivity contribution in [3.63, 3.8) is 0 Å². The monoisotopic (exact) mass is 351 g/mol. The Morgan fingerprint density at radius 1 is 1.15 bits per heavy atom. The second-order valence-corrected chi connectivity index (χ2v) is 7.62. The number of hydrogen-bond acceptors (Lipinski definition) is 3. The fourth-order valence-electron chi connectivity index (χ4n) is 3.31. The van der Waals surface area contributed by atoms with Crippen LogP contribution in [0.1, 0.15) is 53.9 Å². The van der Waals surface area contributed by atoms with Crippen LogP contribution in [0.15, 0.2) is 68.7 Å². The number of amidine groups is 1. The van der Waals surface area contributed by atoms with Gasteiger partial charge in [0, 0.05) is 0 Å². The third kappa shape index (κ3) is 5.25. The summed E-state index contributed by atoms with van der Waals surface area (Å²) in [6, 6.07) is -0.728. The Hall–Kier alpha value is -2.49. The molecule has 0 aromatic heterocycles. The van der Waals surface area contributed by atoms with E-state index in [1.165, 1.54) is 30.4 Å². The molecular weight excluding hydrogens is 324 g/mol. The molecule has 0 aromatic carbocycles. The summed E-state index contributed by atoms with van der Waals surface area (Å²) in [7, 11) is 0. The molecule has 4 heteroatoms. The van der Waals surface area contributed by atoms with Gasteiger partial charge in [-0.2, -0.15) is 0 Å². The lowest BCUT2D eigenvalue weighted by Crippen LogP contribution is -2.19. The van der Waals surface area contributed by atoms with Crippen LogP contribution in [0.4, 0.5) is 0 Å². The van der Waals surface area contributed by atoms with Gasteiger partial charge < -0.3 is 5.11 Å². The Balaban J connectivity index is 2.03. The molecule has 2 aliphatic rings. The van der Waals surface area contributed by atoms with Gasteiger partial charge in [-0.3, -0.25) is 4.79 Å². The minimum absolute atomic E-state index is 0.0969. The lowest BCUT2D eigenvalue weighted by molar-refractivity contribution is -0.216. The maximum atomic E-state index is 11.4. The SMILES string of the molecule is CC1=C(/C=C/C(C)=C/C=C/C(C)=C/C2=NC([O-])=NC2=O)C(C)(C)CCC1. The Morgan fingerprint density at radius 3 is 2.50 bits per heavy atom. The van der Waals surface area contributed by atoms with Crippen molar-refractivity contribution >= 4 is 17.6 Å². The van der Waals surface area contributed by atoms with Crippen molar-refractivity contribution in [2.45, 2.75) is 53.9 Å². The van der Waals surface area contributed by atoms with E-state index >= 15 is 0 Å². The zero-order chi connectivity index (χ0) is 19.3. The van der Waals surface area contributed by atoms with Crippen LogP contribution in [0.5, 0.6) is 0 Å². The van der Waals surface area contributed by atoms with E-state index in [9.17, 15) is 9.90 Å². The van der Waals surface area contributed by atoms with Gasteiger partial charge in [-0.1, -0.05) is 55.4 Å². The molecular formula is C22H27N2O2-. The first kappa shape index (κ1) is 19.8. The van der Waals surface area contributed by atoms with Gasteiger partial charge in [0.15, 0.2) is 0 Å². The normalized spacial score (nSPS) is 21.8. The van der Waals surface area contributed by atoms with Gasteiger partial charge in [-0.05, 0) is 62.7 Å². The lowest BCUT2D eigenvalue weighted by Gasteiger charge is -2.32. The van der Waals surface area contributed by atoms with Crippen LogP contribution in [0.2, 0.25) is 0 Å². The molecule has 2 rings (SSSR count). The summed E-state index contributed by atoms with van der Waals surface area (Å²) in [4.78, 5) is 18.2. The summed E-state index contributed by atoms with van der Waals surface area (Å²) in [5.41, 5.74) is 5.26. The summed E-state index contributed by atoms with van der Waals surface area (Å²) < 4.78 is 0. The zero-order valence-corrected chi connectivity index (χ0v) is 16.3. The summed E-state index contributed by atoms with van der Waals surface area (Å²) in [6.07, 6.45) is 15.5. The number of aliphatic imine (C=N–C) groups is 2. The van der Waals surface area contributed by atoms with Crippen molar-refractivity contribution in [3.8, 4) is 0 Å². The van der Waals surface area contributed by atoms with Gasteiger partial charge in [0.1, 0.15) is 5.71 Å². The van der Waals surface area contributed by atoms with Crippen LogP contribution in [0, 0.1) is 5.41 Å². The van der Waals surface area contributed by atoms with E-state index in [0.717, 1.165) is 11.1 Å². The average Bonchev–Trinajstić information content (AvgIpc) is 2.83. The van der Waals surface area contributed by atoms with Crippen molar-refractivity contribution in [2.75, 3.05) is 0 Å². The molecule has 1 aliphatic carbocycles. The summed E-state index contributed by atoms with van der Waals surface area (Å²) in [5, 5.41) is 11.0. The average molecular weight is 351 g/mol. The smallest absolute Gasteiger partial charge is 0.296 e. The van der Waals surface area contributed by atoms with Gasteiger partial charge in [0.05, 0.1) is 6.02 Å². The van der Waals surface area contributed by atoms with E-state index in [1.54, 1.807) is 6.08 Å². The highest BCUT2D eigenvalue weighted by Gasteiger charge is 2.26. The van der Waals surface area contributed by atoms with Gasteiger partial charge in [0.2, 0.25) is 0 Å². The molecule has 0 spiro atoms. The van der Waals surface area contributed by atoms with Crippen LogP contribution >= 0.6 is 0 Å². The van der Waals surface area contributed by atoms with Gasteiger partial charge in [-0.15, -0.1) is 0 Å². The number of carbonyl (C=O) groups is 1. The Bertz CT molecular complexity index is 800. The predicted molar refractivity (Wildman–Crippen MR) is 106 cm³/mol. The molecule has 0 N–H and O–H groups in total. The second-order valence-electron chi connectivity index (χ2n) is 7.62. The van der Waals surface area contributed by atoms with Crippen molar-refractivity contribution in [1.82, 2.24) is 0 Å². The lowest BCUT2D eigenvalue weighted by atomic mass is 9.72. The maximum Gasteiger partial charge on any atom is 0.296 e. The number of hydrogen-bond donors (Lipinski definition) is 0. The molecule has 26 heavy (non-hydrogen) atoms. The molecule has 0 aromatic rings. The molecule has 0 unspecified atom stereocenters. The zero-order valence-electron chi connectivity index (χ0n) is 16.3. The maximum absolute atomic E-state index is 11.4. The summed E-state index contributed by atoms with van der Waals surface area (Å²) >= 11 is 0. The van der Waals surface area contributed by atoms with E-state index in [1.807, 2.05) is 25.2 Å². The van der Waals surface area contributed by atoms with Crippen molar-refractivity contribution in [1.29, 1.82) is 0 Å². The van der Waals surface area contributed by atoms with Gasteiger partial charge in [-0.25, -0.2) is 9.98 Å². The molecule has 0 saturated carbocycles. The molecule has 0 fully saturated rings. The first-order valence-corrected chi connectivity index (χ1v) is 8.99. The quantitative estimate of drug-likeness (QED) is 0.696. The van der Waals surface area contributed by atoms with Crippen LogP contribution in [0.25, 0.3) is 0 Å². The van der Waals surface area contributed by atoms with E-state index in [0.29, 0.717) is 0 Å². The standard InChI is InChI=1S/C22H28N2O2/c1-15(11-12-18-17(3)10-7-13-22(18,4)5)8-6-9-16(2)14-19-20(25)24-21(26)23-19/h6,8-9,11-12,14H,7,10,13H2,1-5H3,(H,24,25,26)/p-1/b9-6+,12-11+,15-8+,16-14+. The highest BCUT2D eigenvalue weighted by atomic mass is 16.3. The highest BCUT2D eigenvalue weighted by molar-refractivity contribution is 6.48. The predicted octanol–water partition coefficient (Wildman–Crippen LogP) is 4.22. The number of carbonyl (C=O) groups excluding carboxylic acids is 1. The molecule has 0 bridgehead atoms. The molecule has 1 heterocycles. The Morgan fingerprint density at radius 2 is 1.88 bits per heavy atom. The van der Waals surface area contributed by atoms with Crippen LogP contribution < -0.4 is 5.11 Å². The summed E-state index contributed by atoms with van der Waals surface area (Å²) in [6.45, 7) is 10.8. The fourth-order valence-corrected chi connectivity index (χ4v) is 3.31. The molecule has 0 saturated heterocycles. The van der Waals surface area contributed by atoms with Crippen LogP contribution in [0.3, 0.4) is 0 Å². The topological polar surface area (TPSA) is 64.8 Å². The van der Waals surface area contributed by atoms with Crippen molar-refractivity contribution < 1.29 is 9.90 Å². The molecule has 4 nitrogen and oxygen atoms in total. The molecule has 138 valence electrons. The Labute approximate surface area is 156 Å². The third-order valence-corrected chi connectivity index (χ3v) is 4.77. The molecule has 0 radical (unpaired) electrons. The van der Waals surface area contributed by atoms with Crippen LogP contribution in [-0.4, -0.2) is 17.6 Å². The second kappa shape index (κ2) is 8.26. The molecule has 0 atom stereocenters. The minimum Gasteiger partial charge on any atom is -0.844 e. The van der Waals surface area contributed by atoms with E-state index in [2.05, 4.69) is 49.8 Å². The van der Waals surface area contributed by atoms with E-state index in [4.69, 9.17) is 0 Å². The largest absolute Gasteiger partial charge is 0.844 e.